The van der Waals surface area contributed by atoms with Gasteiger partial charge in [0.2, 0.25) is 53.2 Å². The van der Waals surface area contributed by atoms with Gasteiger partial charge in [-0.3, -0.25) is 47.9 Å². The molecule has 4 aromatic rings. The molecular weight excluding hydrogens is 1000 g/mol. The molecule has 1 heterocycles. The molecule has 0 spiro atoms. The Morgan fingerprint density at radius 3 is 1.22 bits per heavy atom. The number of carboxylic acids is 1. The molecule has 0 unspecified atom stereocenters. The lowest BCUT2D eigenvalue weighted by Gasteiger charge is -2.28. The molecule has 25 heteroatoms. The fourth-order valence-electron chi connectivity index (χ4n) is 7.67. The molecule has 0 radical (unpaired) electrons. The number of nitrogens with two attached hydrogens (primary N) is 2. The average Bonchev–Trinajstić information content (AvgIpc) is 3.93. The highest BCUT2D eigenvalue weighted by Gasteiger charge is 2.36. The van der Waals surface area contributed by atoms with Crippen molar-refractivity contribution in [1.29, 1.82) is 0 Å². The largest absolute Gasteiger partial charge is 0.481 e. The van der Waals surface area contributed by atoms with Crippen LogP contribution in [0.15, 0.2) is 104 Å². The molecule has 10 atom stereocenters. The minimum Gasteiger partial charge on any atom is -0.481 e. The van der Waals surface area contributed by atoms with Gasteiger partial charge in [0.05, 0.1) is 32.0 Å². The number of imidazole rings is 1. The van der Waals surface area contributed by atoms with Crippen LogP contribution in [0.3, 0.4) is 0 Å². The summed E-state index contributed by atoms with van der Waals surface area (Å²) < 4.78 is 0. The van der Waals surface area contributed by atoms with E-state index < -0.39 is 139 Å². The van der Waals surface area contributed by atoms with Crippen molar-refractivity contribution in [2.75, 3.05) is 13.2 Å². The number of carbonyl (C=O) groups excluding carboxylic acids is 9. The number of hydrogen-bond acceptors (Lipinski definition) is 14. The van der Waals surface area contributed by atoms with Crippen LogP contribution in [-0.2, 0) is 73.6 Å². The molecule has 0 fully saturated rings. The lowest BCUT2D eigenvalue weighted by Crippen LogP contribution is -2.62. The van der Waals surface area contributed by atoms with Crippen molar-refractivity contribution in [3.05, 3.63) is 126 Å². The number of aliphatic carboxylic acids is 1. The SMILES string of the molecule is CC[C@H](C)[C@H](NC(=O)[C@H](CO)NC(=O)[C@H](Cc1cnc[nH]1)NC(=O)[C@H](Cc1ccccc1)NC(=O)[C@H](Cc1ccccc1)NC(=O)[C@H](Cc1ccccc1)NC(=O)[C@H](CC(=O)O)NC(=O)[C@H](C)N)C(=O)N[C@@H](CO)C(N)=O. The van der Waals surface area contributed by atoms with Crippen LogP contribution in [0.1, 0.15) is 56.0 Å². The molecular formula is C52H68N12O13. The van der Waals surface area contributed by atoms with Crippen LogP contribution in [0, 0.1) is 5.92 Å². The second kappa shape index (κ2) is 30.7. The number of nitrogens with one attached hydrogen (secondary N) is 9. The van der Waals surface area contributed by atoms with E-state index in [9.17, 15) is 63.3 Å². The lowest BCUT2D eigenvalue weighted by atomic mass is 9.97. The van der Waals surface area contributed by atoms with E-state index in [4.69, 9.17) is 11.5 Å². The summed E-state index contributed by atoms with van der Waals surface area (Å²) in [7, 11) is 0. The molecule has 0 saturated heterocycles. The Balaban J connectivity index is 1.66. The molecule has 0 aliphatic heterocycles. The van der Waals surface area contributed by atoms with Gasteiger partial charge in [-0.15, -0.1) is 0 Å². The van der Waals surface area contributed by atoms with Gasteiger partial charge in [0.15, 0.2) is 0 Å². The fraction of sp³-hybridized carbons (Fsp3) is 0.404. The smallest absolute Gasteiger partial charge is 0.305 e. The first-order valence-electron chi connectivity index (χ1n) is 24.7. The van der Waals surface area contributed by atoms with Crippen LogP contribution in [-0.4, -0.2) is 152 Å². The number of aromatic nitrogens is 2. The van der Waals surface area contributed by atoms with Crippen molar-refractivity contribution in [3.63, 3.8) is 0 Å². The molecule has 0 saturated carbocycles. The maximum atomic E-state index is 14.7. The molecule has 414 valence electrons. The molecule has 25 nitrogen and oxygen atoms in total. The summed E-state index contributed by atoms with van der Waals surface area (Å²) in [6.07, 6.45) is 1.43. The van der Waals surface area contributed by atoms with E-state index >= 15 is 0 Å². The van der Waals surface area contributed by atoms with Crippen LogP contribution in [0.4, 0.5) is 0 Å². The minimum absolute atomic E-state index is 0.154. The van der Waals surface area contributed by atoms with E-state index in [0.29, 0.717) is 28.8 Å². The Bertz CT molecular complexity index is 2610. The number of rotatable bonds is 31. The number of nitrogens with zero attached hydrogens (tertiary/aromatic N) is 1. The number of amides is 9. The Hall–Kier alpha value is -8.55. The number of carbonyl (C=O) groups is 10. The van der Waals surface area contributed by atoms with Crippen molar-refractivity contribution in [2.24, 2.45) is 17.4 Å². The van der Waals surface area contributed by atoms with Crippen molar-refractivity contribution in [1.82, 2.24) is 52.5 Å². The maximum absolute atomic E-state index is 14.7. The Labute approximate surface area is 443 Å². The van der Waals surface area contributed by atoms with E-state index in [0.717, 1.165) is 0 Å². The zero-order valence-electron chi connectivity index (χ0n) is 42.8. The molecule has 0 aliphatic rings. The van der Waals surface area contributed by atoms with Crippen LogP contribution < -0.4 is 54.0 Å². The third kappa shape index (κ3) is 19.9. The van der Waals surface area contributed by atoms with Gasteiger partial charge in [0.1, 0.15) is 48.3 Å². The van der Waals surface area contributed by atoms with Crippen molar-refractivity contribution >= 4 is 59.1 Å². The maximum Gasteiger partial charge on any atom is 0.305 e. The minimum atomic E-state index is -1.71. The normalized spacial score (nSPS) is 14.9. The monoisotopic (exact) mass is 1070 g/mol. The van der Waals surface area contributed by atoms with Crippen molar-refractivity contribution in [2.45, 2.75) is 114 Å². The molecule has 4 rings (SSSR count). The molecule has 1 aromatic heterocycles. The van der Waals surface area contributed by atoms with E-state index in [1.165, 1.54) is 19.4 Å². The summed E-state index contributed by atoms with van der Waals surface area (Å²) in [6.45, 7) is 2.86. The van der Waals surface area contributed by atoms with Gasteiger partial charge in [-0.1, -0.05) is 111 Å². The van der Waals surface area contributed by atoms with E-state index in [1.807, 2.05) is 0 Å². The third-order valence-electron chi connectivity index (χ3n) is 12.2. The summed E-state index contributed by atoms with van der Waals surface area (Å²) >= 11 is 0. The fourth-order valence-corrected chi connectivity index (χ4v) is 7.67. The number of aliphatic hydroxyl groups is 2. The van der Waals surface area contributed by atoms with E-state index in [2.05, 4.69) is 52.5 Å². The van der Waals surface area contributed by atoms with Gasteiger partial charge in [-0.2, -0.15) is 0 Å². The number of primary amides is 1. The molecule has 77 heavy (non-hydrogen) atoms. The highest BCUT2D eigenvalue weighted by Crippen LogP contribution is 2.13. The topological polar surface area (TPSA) is 408 Å². The number of aromatic amines is 1. The number of H-pyrrole nitrogens is 1. The summed E-state index contributed by atoms with van der Waals surface area (Å²) in [5.41, 5.74) is 13.0. The van der Waals surface area contributed by atoms with E-state index in [-0.39, 0.29) is 25.7 Å². The van der Waals surface area contributed by atoms with Gasteiger partial charge in [0.25, 0.3) is 0 Å². The van der Waals surface area contributed by atoms with Gasteiger partial charge in [-0.25, -0.2) is 4.98 Å². The number of carboxylic acid groups (broad SMARTS) is 1. The number of hydrogen-bond donors (Lipinski definition) is 14. The zero-order chi connectivity index (χ0) is 56.6. The quantitative estimate of drug-likeness (QED) is 0.0237. The van der Waals surface area contributed by atoms with Crippen molar-refractivity contribution in [3.8, 4) is 0 Å². The highest BCUT2D eigenvalue weighted by molar-refractivity contribution is 5.99. The number of benzene rings is 3. The van der Waals surface area contributed by atoms with Crippen molar-refractivity contribution < 1.29 is 63.3 Å². The Morgan fingerprint density at radius 2 is 0.870 bits per heavy atom. The Kier molecular flexibility index (Phi) is 24.3. The molecule has 9 amide bonds. The number of aliphatic hydroxyl groups excluding tert-OH is 2. The van der Waals surface area contributed by atoms with Crippen LogP contribution in [0.25, 0.3) is 0 Å². The molecule has 3 aromatic carbocycles. The van der Waals surface area contributed by atoms with Crippen LogP contribution in [0.5, 0.6) is 0 Å². The molecule has 0 aliphatic carbocycles. The zero-order valence-corrected chi connectivity index (χ0v) is 42.8. The summed E-state index contributed by atoms with van der Waals surface area (Å²) in [4.78, 5) is 142. The highest BCUT2D eigenvalue weighted by atomic mass is 16.4. The molecule has 0 bridgehead atoms. The van der Waals surface area contributed by atoms with E-state index in [1.54, 1.807) is 105 Å². The Morgan fingerprint density at radius 1 is 0.506 bits per heavy atom. The second-order valence-electron chi connectivity index (χ2n) is 18.3. The van der Waals surface area contributed by atoms with Gasteiger partial charge >= 0.3 is 5.97 Å². The second-order valence-corrected chi connectivity index (χ2v) is 18.3. The first-order valence-corrected chi connectivity index (χ1v) is 24.7. The first kappa shape index (κ1) is 61.0. The van der Waals surface area contributed by atoms with Crippen LogP contribution >= 0.6 is 0 Å². The first-order chi connectivity index (χ1) is 36.7. The molecule has 16 N–H and O–H groups in total. The summed E-state index contributed by atoms with van der Waals surface area (Å²) in [5, 5.41) is 49.6. The third-order valence-corrected chi connectivity index (χ3v) is 12.2. The lowest BCUT2D eigenvalue weighted by molar-refractivity contribution is -0.141. The predicted octanol–water partition coefficient (Wildman–Crippen LogP) is -3.10. The van der Waals surface area contributed by atoms with Gasteiger partial charge in [-0.05, 0) is 29.5 Å². The summed E-state index contributed by atoms with van der Waals surface area (Å²) in [6, 6.07) is 12.3. The van der Waals surface area contributed by atoms with Gasteiger partial charge < -0.3 is 74.3 Å². The predicted molar refractivity (Wildman–Crippen MR) is 277 cm³/mol. The average molecular weight is 1070 g/mol. The van der Waals surface area contributed by atoms with Gasteiger partial charge in [0, 0.05) is 37.6 Å². The van der Waals surface area contributed by atoms with Crippen LogP contribution in [0.2, 0.25) is 0 Å². The summed E-state index contributed by atoms with van der Waals surface area (Å²) in [5.74, 6) is -10.5. The standard InChI is InChI=1S/C52H68N12O13/c1-4-29(2)43(52(77)62-40(26-65)44(54)69)64-51(76)41(27-66)63-49(74)38(23-34-25-55-28-56-34)61-48(73)37(22-33-18-12-7-13-19-33)59-46(71)35(20-31-14-8-5-9-15-31)58-47(72)36(21-32-16-10-6-11-17-32)60-50(75)39(24-42(67)68)57-45(70)30(3)53/h5-19,25,28-30,35-41,43,65-66H,4,20-24,26-27,53H2,1-3H3,(H2,54,69)(H,55,56)(H,57,70)(H,58,72)(H,59,71)(H,60,75)(H,61,73)(H,62,77)(H,63,74)(H,64,76)(H,67,68)/t29-,30-,35-,36-,37-,38-,39-,40-,41-,43-/m0/s1.